The molecule has 0 bridgehead atoms. The third kappa shape index (κ3) is 5.41. The zero-order chi connectivity index (χ0) is 13.8. The first kappa shape index (κ1) is 15.5. The van der Waals surface area contributed by atoms with Gasteiger partial charge in [-0.15, -0.1) is 12.0 Å². The molecule has 94 valence electrons. The molecule has 0 saturated heterocycles. The minimum Gasteiger partial charge on any atom is -0.438 e. The van der Waals surface area contributed by atoms with Crippen LogP contribution in [0.2, 0.25) is 26.2 Å². The summed E-state index contributed by atoms with van der Waals surface area (Å²) in [5, 5.41) is 0. The highest BCUT2D eigenvalue weighted by atomic mass is 127. The van der Waals surface area contributed by atoms with Crippen molar-refractivity contribution >= 4 is 39.2 Å². The number of hydrogen-bond donors (Lipinski definition) is 0. The number of rotatable bonds is 2. The Bertz CT molecular complexity index is 533. The van der Waals surface area contributed by atoms with Crippen molar-refractivity contribution in [2.75, 3.05) is 0 Å². The summed E-state index contributed by atoms with van der Waals surface area (Å²) in [6.45, 7) is 8.27. The number of hydrogen-bond acceptors (Lipinski definition) is 1. The van der Waals surface area contributed by atoms with Gasteiger partial charge < -0.3 is 4.12 Å². The molecule has 0 aromatic heterocycles. The van der Waals surface area contributed by atoms with Crippen LogP contribution in [0.1, 0.15) is 5.56 Å². The maximum absolute atomic E-state index is 6.09. The summed E-state index contributed by atoms with van der Waals surface area (Å²) in [5.74, 6) is 3.21. The highest BCUT2D eigenvalue weighted by Gasteiger charge is 2.30. The molecular formula is C14H17IOSi2. The maximum atomic E-state index is 6.09. The van der Waals surface area contributed by atoms with E-state index in [4.69, 9.17) is 10.5 Å². The standard InChI is InChI=1S/C14H17IOSi2/c1-6-17(2,3)16-18(4,5)11-10-13-8-7-9-14(15)12-13/h1,7-9,12H,2-5H3. The van der Waals surface area contributed by atoms with Crippen LogP contribution in [0.25, 0.3) is 0 Å². The van der Waals surface area contributed by atoms with Gasteiger partial charge in [-0.05, 0) is 67.0 Å². The summed E-state index contributed by atoms with van der Waals surface area (Å²) in [7, 11) is -3.98. The molecule has 1 aromatic rings. The van der Waals surface area contributed by atoms with Crippen LogP contribution in [0.3, 0.4) is 0 Å². The van der Waals surface area contributed by atoms with Crippen molar-refractivity contribution in [3.05, 3.63) is 33.4 Å². The lowest BCUT2D eigenvalue weighted by molar-refractivity contribution is 0.576. The van der Waals surface area contributed by atoms with E-state index < -0.39 is 16.6 Å². The molecular weight excluding hydrogens is 367 g/mol. The van der Waals surface area contributed by atoms with Gasteiger partial charge >= 0.3 is 0 Å². The van der Waals surface area contributed by atoms with E-state index in [1.165, 1.54) is 3.57 Å². The second-order valence-electron chi connectivity index (χ2n) is 5.03. The van der Waals surface area contributed by atoms with Gasteiger partial charge in [-0.1, -0.05) is 17.5 Å². The van der Waals surface area contributed by atoms with Crippen LogP contribution < -0.4 is 0 Å². The zero-order valence-corrected chi connectivity index (χ0v) is 15.3. The second kappa shape index (κ2) is 6.07. The second-order valence-corrected chi connectivity index (χ2v) is 13.7. The fourth-order valence-electron chi connectivity index (χ4n) is 1.48. The topological polar surface area (TPSA) is 9.23 Å². The Balaban J connectivity index is 2.88. The monoisotopic (exact) mass is 384 g/mol. The molecule has 4 heteroatoms. The van der Waals surface area contributed by atoms with Gasteiger partial charge in [0.05, 0.1) is 0 Å². The molecule has 0 aliphatic carbocycles. The predicted molar refractivity (Wildman–Crippen MR) is 90.9 cm³/mol. The lowest BCUT2D eigenvalue weighted by atomic mass is 10.2. The van der Waals surface area contributed by atoms with Gasteiger partial charge in [0.15, 0.2) is 0 Å². The number of benzene rings is 1. The molecule has 0 N–H and O–H groups in total. The molecule has 0 aliphatic heterocycles. The third-order valence-corrected chi connectivity index (χ3v) is 8.37. The highest BCUT2D eigenvalue weighted by molar-refractivity contribution is 14.1. The lowest BCUT2D eigenvalue weighted by Crippen LogP contribution is -2.42. The van der Waals surface area contributed by atoms with Crippen LogP contribution in [0.4, 0.5) is 0 Å². The number of terminal acetylenes is 1. The third-order valence-electron chi connectivity index (χ3n) is 2.19. The summed E-state index contributed by atoms with van der Waals surface area (Å²) >= 11 is 2.29. The Labute approximate surface area is 126 Å². The molecule has 0 heterocycles. The van der Waals surface area contributed by atoms with Gasteiger partial charge in [-0.2, -0.15) is 0 Å². The van der Waals surface area contributed by atoms with Gasteiger partial charge in [0.2, 0.25) is 0 Å². The van der Waals surface area contributed by atoms with Crippen LogP contribution in [-0.2, 0) is 4.12 Å². The smallest absolute Gasteiger partial charge is 0.256 e. The van der Waals surface area contributed by atoms with E-state index in [0.717, 1.165) is 5.56 Å². The van der Waals surface area contributed by atoms with E-state index in [1.54, 1.807) is 0 Å². The van der Waals surface area contributed by atoms with Crippen molar-refractivity contribution in [3.8, 4) is 23.4 Å². The highest BCUT2D eigenvalue weighted by Crippen LogP contribution is 2.13. The first-order chi connectivity index (χ1) is 8.24. The van der Waals surface area contributed by atoms with Crippen LogP contribution in [0, 0.1) is 27.0 Å². The average Bonchev–Trinajstić information content (AvgIpc) is 2.25. The van der Waals surface area contributed by atoms with E-state index in [0.29, 0.717) is 0 Å². The van der Waals surface area contributed by atoms with Crippen molar-refractivity contribution in [1.29, 1.82) is 0 Å². The Morgan fingerprint density at radius 1 is 1.17 bits per heavy atom. The summed E-state index contributed by atoms with van der Waals surface area (Å²) in [4.78, 5) is 0. The van der Waals surface area contributed by atoms with Crippen molar-refractivity contribution < 1.29 is 4.12 Å². The van der Waals surface area contributed by atoms with Gasteiger partial charge in [0.1, 0.15) is 0 Å². The van der Waals surface area contributed by atoms with E-state index in [-0.39, 0.29) is 0 Å². The largest absolute Gasteiger partial charge is 0.438 e. The molecule has 1 rings (SSSR count). The van der Waals surface area contributed by atoms with E-state index in [1.807, 2.05) is 25.2 Å². The fraction of sp³-hybridized carbons (Fsp3) is 0.286. The van der Waals surface area contributed by atoms with Crippen LogP contribution in [0.5, 0.6) is 0 Å². The van der Waals surface area contributed by atoms with Gasteiger partial charge in [-0.25, -0.2) is 0 Å². The molecule has 0 unspecified atom stereocenters. The van der Waals surface area contributed by atoms with E-state index in [9.17, 15) is 0 Å². The van der Waals surface area contributed by atoms with Crippen LogP contribution in [-0.4, -0.2) is 16.6 Å². The molecule has 18 heavy (non-hydrogen) atoms. The van der Waals surface area contributed by atoms with Crippen molar-refractivity contribution in [3.63, 3.8) is 0 Å². The van der Waals surface area contributed by atoms with E-state index >= 15 is 0 Å². The molecule has 0 aliphatic rings. The Morgan fingerprint density at radius 3 is 2.39 bits per heavy atom. The van der Waals surface area contributed by atoms with Crippen LogP contribution >= 0.6 is 22.6 Å². The molecule has 0 fully saturated rings. The summed E-state index contributed by atoms with van der Waals surface area (Å²) in [6.07, 6.45) is 5.50. The number of halogens is 1. The normalized spacial score (nSPS) is 11.3. The Kier molecular flexibility index (Phi) is 5.24. The molecule has 0 amide bonds. The molecule has 0 atom stereocenters. The Hall–Kier alpha value is -0.536. The quantitative estimate of drug-likeness (QED) is 0.428. The first-order valence-corrected chi connectivity index (χ1v) is 12.6. The maximum Gasteiger partial charge on any atom is 0.256 e. The molecule has 1 nitrogen and oxygen atoms in total. The van der Waals surface area contributed by atoms with Crippen molar-refractivity contribution in [2.24, 2.45) is 0 Å². The summed E-state index contributed by atoms with van der Waals surface area (Å²) in [5.41, 5.74) is 7.12. The zero-order valence-electron chi connectivity index (χ0n) is 11.2. The lowest BCUT2D eigenvalue weighted by Gasteiger charge is -2.25. The first-order valence-electron chi connectivity index (χ1n) is 5.71. The molecule has 0 spiro atoms. The van der Waals surface area contributed by atoms with Gasteiger partial charge in [0, 0.05) is 9.13 Å². The Morgan fingerprint density at radius 2 is 1.83 bits per heavy atom. The minimum atomic E-state index is -2.00. The predicted octanol–water partition coefficient (Wildman–Crippen LogP) is 3.78. The van der Waals surface area contributed by atoms with Crippen LogP contribution in [0.15, 0.2) is 24.3 Å². The van der Waals surface area contributed by atoms with Gasteiger partial charge in [0.25, 0.3) is 16.6 Å². The summed E-state index contributed by atoms with van der Waals surface area (Å²) in [6, 6.07) is 8.16. The summed E-state index contributed by atoms with van der Waals surface area (Å²) < 4.78 is 7.29. The van der Waals surface area contributed by atoms with Crippen molar-refractivity contribution in [1.82, 2.24) is 0 Å². The SMILES string of the molecule is C#C[Si](C)(C)O[Si](C)(C)C#Cc1cccc(I)c1. The molecule has 0 saturated carbocycles. The van der Waals surface area contributed by atoms with Crippen molar-refractivity contribution in [2.45, 2.75) is 26.2 Å². The minimum absolute atomic E-state index is 1.03. The van der Waals surface area contributed by atoms with E-state index in [2.05, 4.69) is 64.8 Å². The van der Waals surface area contributed by atoms with Gasteiger partial charge in [-0.3, -0.25) is 0 Å². The molecule has 0 radical (unpaired) electrons. The fourth-order valence-corrected chi connectivity index (χ4v) is 8.01. The molecule has 1 aromatic carbocycles. The average molecular weight is 384 g/mol.